The summed E-state index contributed by atoms with van der Waals surface area (Å²) in [5.74, 6) is 0.395. The minimum absolute atomic E-state index is 0.247. The first-order valence-electron chi connectivity index (χ1n) is 6.09. The zero-order chi connectivity index (χ0) is 13.8. The van der Waals surface area contributed by atoms with Gasteiger partial charge in [0.2, 0.25) is 0 Å². The first-order valence-corrected chi connectivity index (χ1v) is 6.09. The molecule has 20 heavy (non-hydrogen) atoms. The maximum atomic E-state index is 12.0. The number of hydrogen-bond donors (Lipinski definition) is 2. The Morgan fingerprint density at radius 1 is 1.35 bits per heavy atom. The van der Waals surface area contributed by atoms with Crippen LogP contribution >= 0.6 is 0 Å². The average Bonchev–Trinajstić information content (AvgIpc) is 3.16. The normalized spacial score (nSPS) is 10.4. The van der Waals surface area contributed by atoms with Crippen LogP contribution in [0, 0.1) is 0 Å². The van der Waals surface area contributed by atoms with Crippen molar-refractivity contribution in [2.75, 3.05) is 0 Å². The summed E-state index contributed by atoms with van der Waals surface area (Å²) in [4.78, 5) is 15.9. The highest BCUT2D eigenvalue weighted by Gasteiger charge is 2.12. The second-order valence-corrected chi connectivity index (χ2v) is 4.19. The molecule has 3 aromatic heterocycles. The van der Waals surface area contributed by atoms with Gasteiger partial charge in [-0.2, -0.15) is 5.10 Å². The van der Waals surface area contributed by atoms with Crippen molar-refractivity contribution in [3.63, 3.8) is 0 Å². The molecule has 100 valence electrons. The fourth-order valence-corrected chi connectivity index (χ4v) is 1.77. The zero-order valence-corrected chi connectivity index (χ0v) is 10.5. The summed E-state index contributed by atoms with van der Waals surface area (Å²) in [5.41, 5.74) is 1.92. The lowest BCUT2D eigenvalue weighted by Gasteiger charge is -2.01. The first kappa shape index (κ1) is 12.2. The first-order chi connectivity index (χ1) is 9.83. The van der Waals surface area contributed by atoms with E-state index >= 15 is 0 Å². The smallest absolute Gasteiger partial charge is 0.272 e. The molecule has 6 heteroatoms. The van der Waals surface area contributed by atoms with E-state index in [0.29, 0.717) is 23.7 Å². The Morgan fingerprint density at radius 3 is 3.05 bits per heavy atom. The van der Waals surface area contributed by atoms with Crippen LogP contribution in [0.1, 0.15) is 16.1 Å². The highest BCUT2D eigenvalue weighted by atomic mass is 16.3. The molecule has 0 saturated heterocycles. The van der Waals surface area contributed by atoms with Gasteiger partial charge in [-0.15, -0.1) is 0 Å². The van der Waals surface area contributed by atoms with E-state index in [-0.39, 0.29) is 5.91 Å². The van der Waals surface area contributed by atoms with Gasteiger partial charge in [-0.05, 0) is 23.8 Å². The number of aromatic amines is 1. The Balaban J connectivity index is 1.66. The molecule has 0 fully saturated rings. The Hall–Kier alpha value is -2.89. The third-order valence-electron chi connectivity index (χ3n) is 2.77. The third-order valence-corrected chi connectivity index (χ3v) is 2.77. The zero-order valence-electron chi connectivity index (χ0n) is 10.5. The van der Waals surface area contributed by atoms with Crippen molar-refractivity contribution in [2.45, 2.75) is 6.54 Å². The van der Waals surface area contributed by atoms with Gasteiger partial charge in [0.25, 0.3) is 5.91 Å². The summed E-state index contributed by atoms with van der Waals surface area (Å²) in [6.07, 6.45) is 4.96. The number of rotatable bonds is 4. The van der Waals surface area contributed by atoms with Gasteiger partial charge in [0.1, 0.15) is 5.69 Å². The summed E-state index contributed by atoms with van der Waals surface area (Å²) in [7, 11) is 0. The Kier molecular flexibility index (Phi) is 3.28. The van der Waals surface area contributed by atoms with Gasteiger partial charge in [0.15, 0.2) is 11.5 Å². The van der Waals surface area contributed by atoms with Crippen LogP contribution in [0.5, 0.6) is 0 Å². The molecule has 3 aromatic rings. The van der Waals surface area contributed by atoms with E-state index in [2.05, 4.69) is 20.5 Å². The highest BCUT2D eigenvalue weighted by Crippen LogP contribution is 2.17. The van der Waals surface area contributed by atoms with Gasteiger partial charge in [-0.25, -0.2) is 0 Å². The monoisotopic (exact) mass is 268 g/mol. The maximum Gasteiger partial charge on any atom is 0.272 e. The van der Waals surface area contributed by atoms with Gasteiger partial charge in [-0.3, -0.25) is 14.9 Å². The molecule has 0 unspecified atom stereocenters. The minimum Gasteiger partial charge on any atom is -0.463 e. The third kappa shape index (κ3) is 2.59. The van der Waals surface area contributed by atoms with Gasteiger partial charge in [0.05, 0.1) is 6.26 Å². The molecular weight excluding hydrogens is 256 g/mol. The van der Waals surface area contributed by atoms with Crippen molar-refractivity contribution in [1.29, 1.82) is 0 Å². The molecule has 2 N–H and O–H groups in total. The van der Waals surface area contributed by atoms with Crippen molar-refractivity contribution in [1.82, 2.24) is 20.5 Å². The van der Waals surface area contributed by atoms with Gasteiger partial charge >= 0.3 is 0 Å². The lowest BCUT2D eigenvalue weighted by atomic mass is 10.2. The fourth-order valence-electron chi connectivity index (χ4n) is 1.77. The van der Waals surface area contributed by atoms with E-state index < -0.39 is 0 Å². The summed E-state index contributed by atoms with van der Waals surface area (Å²) >= 11 is 0. The molecule has 0 bridgehead atoms. The van der Waals surface area contributed by atoms with Crippen LogP contribution < -0.4 is 5.32 Å². The van der Waals surface area contributed by atoms with Crippen molar-refractivity contribution in [3.8, 4) is 11.5 Å². The van der Waals surface area contributed by atoms with E-state index in [1.807, 2.05) is 12.1 Å². The van der Waals surface area contributed by atoms with Gasteiger partial charge in [-0.1, -0.05) is 6.07 Å². The van der Waals surface area contributed by atoms with Crippen molar-refractivity contribution < 1.29 is 9.21 Å². The lowest BCUT2D eigenvalue weighted by Crippen LogP contribution is -2.23. The Morgan fingerprint density at radius 2 is 2.30 bits per heavy atom. The molecule has 0 atom stereocenters. The van der Waals surface area contributed by atoms with Crippen LogP contribution in [0.4, 0.5) is 0 Å². The fraction of sp³-hybridized carbons (Fsp3) is 0.0714. The van der Waals surface area contributed by atoms with Crippen LogP contribution in [-0.2, 0) is 6.54 Å². The number of H-pyrrole nitrogens is 1. The van der Waals surface area contributed by atoms with Crippen LogP contribution in [0.15, 0.2) is 53.4 Å². The molecule has 0 aliphatic carbocycles. The summed E-state index contributed by atoms with van der Waals surface area (Å²) in [5, 5.41) is 9.52. The largest absolute Gasteiger partial charge is 0.463 e. The molecule has 3 heterocycles. The van der Waals surface area contributed by atoms with Crippen molar-refractivity contribution in [2.24, 2.45) is 0 Å². The van der Waals surface area contributed by atoms with Crippen LogP contribution in [0.25, 0.3) is 11.5 Å². The number of amides is 1. The number of pyridine rings is 1. The molecule has 0 saturated carbocycles. The predicted octanol–water partition coefficient (Wildman–Crippen LogP) is 1.99. The molecule has 0 radical (unpaired) electrons. The Labute approximate surface area is 114 Å². The number of nitrogens with one attached hydrogen (secondary N) is 2. The van der Waals surface area contributed by atoms with E-state index in [1.165, 1.54) is 0 Å². The summed E-state index contributed by atoms with van der Waals surface area (Å²) in [6, 6.07) is 8.94. The summed E-state index contributed by atoms with van der Waals surface area (Å²) < 4.78 is 5.23. The van der Waals surface area contributed by atoms with Crippen LogP contribution in [0.3, 0.4) is 0 Å². The van der Waals surface area contributed by atoms with E-state index in [4.69, 9.17) is 4.42 Å². The molecule has 6 nitrogen and oxygen atoms in total. The van der Waals surface area contributed by atoms with E-state index in [0.717, 1.165) is 5.56 Å². The molecule has 0 aromatic carbocycles. The SMILES string of the molecule is O=C(NCc1cccnc1)c1cc(-c2ccco2)[nH]n1. The number of nitrogens with zero attached hydrogens (tertiary/aromatic N) is 2. The molecule has 1 amide bonds. The quantitative estimate of drug-likeness (QED) is 0.758. The predicted molar refractivity (Wildman–Crippen MR) is 71.7 cm³/mol. The van der Waals surface area contributed by atoms with Gasteiger partial charge < -0.3 is 9.73 Å². The Bertz CT molecular complexity index is 689. The van der Waals surface area contributed by atoms with Crippen LogP contribution in [0.2, 0.25) is 0 Å². The molecule has 0 aliphatic heterocycles. The number of aromatic nitrogens is 3. The topological polar surface area (TPSA) is 83.8 Å². The molecular formula is C14H12N4O2. The second kappa shape index (κ2) is 5.40. The van der Waals surface area contributed by atoms with Crippen molar-refractivity contribution in [3.05, 3.63) is 60.2 Å². The molecule has 0 aliphatic rings. The summed E-state index contributed by atoms with van der Waals surface area (Å²) in [6.45, 7) is 0.412. The molecule has 3 rings (SSSR count). The number of furan rings is 1. The lowest BCUT2D eigenvalue weighted by molar-refractivity contribution is 0.0946. The molecule has 0 spiro atoms. The second-order valence-electron chi connectivity index (χ2n) is 4.19. The number of carbonyl (C=O) groups is 1. The number of hydrogen-bond acceptors (Lipinski definition) is 4. The van der Waals surface area contributed by atoms with Crippen molar-refractivity contribution >= 4 is 5.91 Å². The standard InChI is InChI=1S/C14H12N4O2/c19-14(16-9-10-3-1-5-15-8-10)12-7-11(17-18-12)13-4-2-6-20-13/h1-8H,9H2,(H,16,19)(H,17,18). The highest BCUT2D eigenvalue weighted by molar-refractivity contribution is 5.93. The average molecular weight is 268 g/mol. The maximum absolute atomic E-state index is 12.0. The minimum atomic E-state index is -0.247. The van der Waals surface area contributed by atoms with E-state index in [1.54, 1.807) is 36.9 Å². The van der Waals surface area contributed by atoms with E-state index in [9.17, 15) is 4.79 Å². The van der Waals surface area contributed by atoms with Crippen LogP contribution in [-0.4, -0.2) is 21.1 Å². The number of carbonyl (C=O) groups excluding carboxylic acids is 1. The van der Waals surface area contributed by atoms with Gasteiger partial charge in [0, 0.05) is 25.0 Å².